The van der Waals surface area contributed by atoms with Crippen molar-refractivity contribution in [3.05, 3.63) is 29.8 Å². The fourth-order valence-corrected chi connectivity index (χ4v) is 3.49. The standard InChI is InChI=1S/C18H26N2/c19-17-7-5-16(6-8-17)18(9-10-18)13-20(11-14-1-2-14)12-15-3-4-15/h5-8,14-15H,1-4,9-13,19H2. The van der Waals surface area contributed by atoms with Crippen LogP contribution < -0.4 is 5.73 Å². The molecule has 0 heterocycles. The molecular weight excluding hydrogens is 244 g/mol. The first-order chi connectivity index (χ1) is 9.73. The lowest BCUT2D eigenvalue weighted by atomic mass is 9.94. The maximum absolute atomic E-state index is 5.83. The average Bonchev–Trinajstić information content (AvgIpc) is 3.26. The molecule has 3 fully saturated rings. The highest BCUT2D eigenvalue weighted by molar-refractivity contribution is 5.43. The van der Waals surface area contributed by atoms with E-state index >= 15 is 0 Å². The summed E-state index contributed by atoms with van der Waals surface area (Å²) in [6, 6.07) is 8.66. The van der Waals surface area contributed by atoms with Crippen molar-refractivity contribution in [2.45, 2.75) is 43.9 Å². The van der Waals surface area contributed by atoms with Crippen LogP contribution in [0.25, 0.3) is 0 Å². The van der Waals surface area contributed by atoms with Crippen molar-refractivity contribution < 1.29 is 0 Å². The van der Waals surface area contributed by atoms with Gasteiger partial charge in [0.1, 0.15) is 0 Å². The second kappa shape index (κ2) is 4.77. The summed E-state index contributed by atoms with van der Waals surface area (Å²) in [6.45, 7) is 3.99. The molecular formula is C18H26N2. The van der Waals surface area contributed by atoms with Crippen LogP contribution in [0.1, 0.15) is 44.1 Å². The molecule has 4 rings (SSSR count). The molecule has 3 aliphatic rings. The molecule has 3 aliphatic carbocycles. The second-order valence-corrected chi connectivity index (χ2v) is 7.48. The first kappa shape index (κ1) is 12.7. The molecule has 0 radical (unpaired) electrons. The van der Waals surface area contributed by atoms with Gasteiger partial charge >= 0.3 is 0 Å². The number of nitrogens with zero attached hydrogens (tertiary/aromatic N) is 1. The van der Waals surface area contributed by atoms with Crippen LogP contribution in [-0.4, -0.2) is 24.5 Å². The Morgan fingerprint density at radius 3 is 1.95 bits per heavy atom. The van der Waals surface area contributed by atoms with E-state index < -0.39 is 0 Å². The number of hydrogen-bond donors (Lipinski definition) is 1. The summed E-state index contributed by atoms with van der Waals surface area (Å²) < 4.78 is 0. The summed E-state index contributed by atoms with van der Waals surface area (Å²) in [7, 11) is 0. The highest BCUT2D eigenvalue weighted by atomic mass is 15.1. The van der Waals surface area contributed by atoms with Crippen LogP contribution in [-0.2, 0) is 5.41 Å². The van der Waals surface area contributed by atoms with Crippen molar-refractivity contribution >= 4 is 5.69 Å². The van der Waals surface area contributed by atoms with E-state index in [2.05, 4.69) is 29.2 Å². The van der Waals surface area contributed by atoms with Crippen molar-refractivity contribution in [3.8, 4) is 0 Å². The zero-order valence-electron chi connectivity index (χ0n) is 12.4. The Hall–Kier alpha value is -1.02. The van der Waals surface area contributed by atoms with Crippen LogP contribution in [0.4, 0.5) is 5.69 Å². The summed E-state index contributed by atoms with van der Waals surface area (Å²) in [5.41, 5.74) is 8.69. The summed E-state index contributed by atoms with van der Waals surface area (Å²) >= 11 is 0. The van der Waals surface area contributed by atoms with Crippen LogP contribution in [0.5, 0.6) is 0 Å². The van der Waals surface area contributed by atoms with Crippen LogP contribution in [0.15, 0.2) is 24.3 Å². The van der Waals surface area contributed by atoms with Gasteiger partial charge in [0.05, 0.1) is 0 Å². The van der Waals surface area contributed by atoms with Gasteiger partial charge in [0, 0.05) is 30.7 Å². The molecule has 1 aromatic rings. The van der Waals surface area contributed by atoms with Gasteiger partial charge in [0.25, 0.3) is 0 Å². The average molecular weight is 270 g/mol. The number of benzene rings is 1. The molecule has 0 unspecified atom stereocenters. The van der Waals surface area contributed by atoms with E-state index in [4.69, 9.17) is 5.73 Å². The maximum Gasteiger partial charge on any atom is 0.0314 e. The molecule has 108 valence electrons. The van der Waals surface area contributed by atoms with E-state index in [0.29, 0.717) is 5.41 Å². The van der Waals surface area contributed by atoms with Crippen LogP contribution in [0, 0.1) is 11.8 Å². The third-order valence-corrected chi connectivity index (χ3v) is 5.33. The van der Waals surface area contributed by atoms with E-state index in [9.17, 15) is 0 Å². The smallest absolute Gasteiger partial charge is 0.0314 e. The molecule has 0 amide bonds. The van der Waals surface area contributed by atoms with Gasteiger partial charge in [-0.1, -0.05) is 12.1 Å². The Labute approximate surface area is 122 Å². The second-order valence-electron chi connectivity index (χ2n) is 7.48. The van der Waals surface area contributed by atoms with Crippen molar-refractivity contribution in [1.82, 2.24) is 4.90 Å². The fraction of sp³-hybridized carbons (Fsp3) is 0.667. The summed E-state index contributed by atoms with van der Waals surface area (Å²) in [5, 5.41) is 0. The quantitative estimate of drug-likeness (QED) is 0.769. The normalized spacial score (nSPS) is 24.1. The lowest BCUT2D eigenvalue weighted by Gasteiger charge is -2.28. The topological polar surface area (TPSA) is 29.3 Å². The van der Waals surface area contributed by atoms with Gasteiger partial charge in [-0.3, -0.25) is 0 Å². The number of anilines is 1. The Balaban J connectivity index is 1.45. The van der Waals surface area contributed by atoms with Gasteiger partial charge < -0.3 is 10.6 Å². The van der Waals surface area contributed by atoms with Gasteiger partial charge in [0.2, 0.25) is 0 Å². The first-order valence-corrected chi connectivity index (χ1v) is 8.32. The molecule has 0 saturated heterocycles. The van der Waals surface area contributed by atoms with Crippen LogP contribution in [0.3, 0.4) is 0 Å². The molecule has 0 aromatic heterocycles. The molecule has 2 nitrogen and oxygen atoms in total. The van der Waals surface area contributed by atoms with E-state index in [-0.39, 0.29) is 0 Å². The zero-order chi connectivity index (χ0) is 13.6. The number of nitrogens with two attached hydrogens (primary N) is 1. The lowest BCUT2D eigenvalue weighted by Crippen LogP contribution is -2.35. The van der Waals surface area contributed by atoms with E-state index in [1.165, 1.54) is 63.7 Å². The van der Waals surface area contributed by atoms with Crippen molar-refractivity contribution in [1.29, 1.82) is 0 Å². The summed E-state index contributed by atoms with van der Waals surface area (Å²) in [4.78, 5) is 2.79. The van der Waals surface area contributed by atoms with Gasteiger partial charge in [0.15, 0.2) is 0 Å². The molecule has 0 atom stereocenters. The van der Waals surface area contributed by atoms with Gasteiger partial charge in [-0.2, -0.15) is 0 Å². The molecule has 2 heteroatoms. The highest BCUT2D eigenvalue weighted by Gasteiger charge is 2.46. The predicted molar refractivity (Wildman–Crippen MR) is 83.7 cm³/mol. The Kier molecular flexibility index (Phi) is 3.03. The molecule has 20 heavy (non-hydrogen) atoms. The Morgan fingerprint density at radius 2 is 1.50 bits per heavy atom. The minimum atomic E-state index is 0.456. The zero-order valence-corrected chi connectivity index (χ0v) is 12.4. The van der Waals surface area contributed by atoms with Gasteiger partial charge in [-0.25, -0.2) is 0 Å². The maximum atomic E-state index is 5.83. The minimum absolute atomic E-state index is 0.456. The van der Waals surface area contributed by atoms with E-state index in [1.807, 2.05) is 0 Å². The lowest BCUT2D eigenvalue weighted by molar-refractivity contribution is 0.230. The fourth-order valence-electron chi connectivity index (χ4n) is 3.49. The SMILES string of the molecule is Nc1ccc(C2(CN(CC3CC3)CC3CC3)CC2)cc1. The van der Waals surface area contributed by atoms with Gasteiger partial charge in [-0.05, 0) is 68.1 Å². The minimum Gasteiger partial charge on any atom is -0.399 e. The number of nitrogen functional groups attached to an aromatic ring is 1. The summed E-state index contributed by atoms with van der Waals surface area (Å²) in [5.74, 6) is 2.02. The molecule has 0 aliphatic heterocycles. The van der Waals surface area contributed by atoms with Crippen LogP contribution in [0.2, 0.25) is 0 Å². The number of rotatable bonds is 7. The van der Waals surface area contributed by atoms with Gasteiger partial charge in [-0.15, -0.1) is 0 Å². The number of hydrogen-bond acceptors (Lipinski definition) is 2. The molecule has 3 saturated carbocycles. The molecule has 0 spiro atoms. The predicted octanol–water partition coefficient (Wildman–Crippen LogP) is 3.42. The van der Waals surface area contributed by atoms with Crippen molar-refractivity contribution in [2.24, 2.45) is 11.8 Å². The Bertz CT molecular complexity index is 453. The van der Waals surface area contributed by atoms with E-state index in [1.54, 1.807) is 0 Å². The molecule has 2 N–H and O–H groups in total. The largest absolute Gasteiger partial charge is 0.399 e. The Morgan fingerprint density at radius 1 is 0.950 bits per heavy atom. The molecule has 1 aromatic carbocycles. The van der Waals surface area contributed by atoms with Crippen molar-refractivity contribution in [3.63, 3.8) is 0 Å². The summed E-state index contributed by atoms with van der Waals surface area (Å²) in [6.07, 6.45) is 8.60. The third kappa shape index (κ3) is 2.85. The third-order valence-electron chi connectivity index (χ3n) is 5.33. The van der Waals surface area contributed by atoms with Crippen LogP contribution >= 0.6 is 0 Å². The monoisotopic (exact) mass is 270 g/mol. The van der Waals surface area contributed by atoms with Crippen molar-refractivity contribution in [2.75, 3.05) is 25.4 Å². The van der Waals surface area contributed by atoms with E-state index in [0.717, 1.165) is 17.5 Å². The molecule has 0 bridgehead atoms. The first-order valence-electron chi connectivity index (χ1n) is 8.32. The highest BCUT2D eigenvalue weighted by Crippen LogP contribution is 2.49.